The molecule has 152 valence electrons. The van der Waals surface area contributed by atoms with Crippen LogP contribution >= 0.6 is 0 Å². The summed E-state index contributed by atoms with van der Waals surface area (Å²) >= 11 is 0. The fourth-order valence-electron chi connectivity index (χ4n) is 3.95. The number of carbonyl (C=O) groups excluding carboxylic acids is 1. The Balaban J connectivity index is 1.68. The summed E-state index contributed by atoms with van der Waals surface area (Å²) in [6, 6.07) is 7.61. The van der Waals surface area contributed by atoms with E-state index in [-0.39, 0.29) is 12.0 Å². The SMILES string of the molecule is CC(=NC(N)=Nc1ccc(N2CCN(C)CC2)cc1)N(C(N)=O)C1CCCC1. The number of amidine groups is 1. The number of amides is 2. The number of carbonyl (C=O) groups is 1. The highest BCUT2D eigenvalue weighted by Crippen LogP contribution is 2.24. The first-order valence-electron chi connectivity index (χ1n) is 9.95. The van der Waals surface area contributed by atoms with E-state index < -0.39 is 6.03 Å². The van der Waals surface area contributed by atoms with E-state index in [9.17, 15) is 4.79 Å². The van der Waals surface area contributed by atoms with Crippen LogP contribution in [-0.2, 0) is 0 Å². The van der Waals surface area contributed by atoms with Crippen LogP contribution in [0, 0.1) is 0 Å². The number of benzene rings is 1. The van der Waals surface area contributed by atoms with Crippen LogP contribution in [0.2, 0.25) is 0 Å². The van der Waals surface area contributed by atoms with Crippen LogP contribution < -0.4 is 16.4 Å². The highest BCUT2D eigenvalue weighted by atomic mass is 16.2. The van der Waals surface area contributed by atoms with Crippen LogP contribution in [0.1, 0.15) is 32.6 Å². The molecule has 2 fully saturated rings. The highest BCUT2D eigenvalue weighted by molar-refractivity contribution is 6.02. The predicted molar refractivity (Wildman–Crippen MR) is 114 cm³/mol. The van der Waals surface area contributed by atoms with Gasteiger partial charge >= 0.3 is 6.03 Å². The normalized spacial score (nSPS) is 19.9. The molecule has 2 amide bonds. The van der Waals surface area contributed by atoms with Gasteiger partial charge in [-0.05, 0) is 51.1 Å². The van der Waals surface area contributed by atoms with E-state index in [0.29, 0.717) is 5.84 Å². The number of anilines is 1. The van der Waals surface area contributed by atoms with Gasteiger partial charge in [-0.25, -0.2) is 14.8 Å². The quantitative estimate of drug-likeness (QED) is 0.614. The summed E-state index contributed by atoms with van der Waals surface area (Å²) < 4.78 is 0. The molecule has 28 heavy (non-hydrogen) atoms. The number of hydrogen-bond acceptors (Lipinski definition) is 4. The van der Waals surface area contributed by atoms with Crippen molar-refractivity contribution < 1.29 is 4.79 Å². The number of likely N-dealkylation sites (N-methyl/N-ethyl adjacent to an activating group) is 1. The second-order valence-electron chi connectivity index (χ2n) is 7.58. The number of guanidine groups is 1. The first kappa shape index (κ1) is 20.1. The largest absolute Gasteiger partial charge is 0.369 e. The molecule has 8 nitrogen and oxygen atoms in total. The molecule has 8 heteroatoms. The zero-order valence-electron chi connectivity index (χ0n) is 16.8. The van der Waals surface area contributed by atoms with Crippen LogP contribution in [0.4, 0.5) is 16.2 Å². The maximum absolute atomic E-state index is 11.9. The molecule has 1 aliphatic heterocycles. The van der Waals surface area contributed by atoms with Crippen molar-refractivity contribution in [3.05, 3.63) is 24.3 Å². The number of aliphatic imine (C=N–C) groups is 2. The van der Waals surface area contributed by atoms with Gasteiger partial charge in [0.25, 0.3) is 0 Å². The summed E-state index contributed by atoms with van der Waals surface area (Å²) in [5.41, 5.74) is 13.5. The monoisotopic (exact) mass is 385 g/mol. The van der Waals surface area contributed by atoms with Gasteiger partial charge in [-0.1, -0.05) is 12.8 Å². The van der Waals surface area contributed by atoms with Crippen molar-refractivity contribution in [3.63, 3.8) is 0 Å². The molecule has 0 aromatic heterocycles. The van der Waals surface area contributed by atoms with Gasteiger partial charge in [0.2, 0.25) is 5.96 Å². The molecule has 2 aliphatic rings. The number of hydrogen-bond donors (Lipinski definition) is 2. The molecule has 4 N–H and O–H groups in total. The minimum atomic E-state index is -0.488. The number of nitrogens with zero attached hydrogens (tertiary/aromatic N) is 5. The van der Waals surface area contributed by atoms with Gasteiger partial charge in [0.1, 0.15) is 5.84 Å². The summed E-state index contributed by atoms with van der Waals surface area (Å²) in [5, 5.41) is 0. The molecule has 0 unspecified atom stereocenters. The van der Waals surface area contributed by atoms with Crippen molar-refractivity contribution in [2.45, 2.75) is 38.6 Å². The van der Waals surface area contributed by atoms with Crippen LogP contribution in [0.3, 0.4) is 0 Å². The predicted octanol–water partition coefficient (Wildman–Crippen LogP) is 2.13. The molecule has 1 aliphatic carbocycles. The van der Waals surface area contributed by atoms with Crippen LogP contribution in [0.25, 0.3) is 0 Å². The fraction of sp³-hybridized carbons (Fsp3) is 0.550. The first-order chi connectivity index (χ1) is 13.4. The first-order valence-corrected chi connectivity index (χ1v) is 9.95. The van der Waals surface area contributed by atoms with E-state index in [1.165, 1.54) is 5.69 Å². The Hall–Kier alpha value is -2.61. The van der Waals surface area contributed by atoms with E-state index >= 15 is 0 Å². The Morgan fingerprint density at radius 2 is 1.68 bits per heavy atom. The lowest BCUT2D eigenvalue weighted by molar-refractivity contribution is 0.217. The van der Waals surface area contributed by atoms with Crippen molar-refractivity contribution in [1.82, 2.24) is 9.80 Å². The molecule has 1 saturated heterocycles. The Kier molecular flexibility index (Phi) is 6.51. The molecule has 0 atom stereocenters. The van der Waals surface area contributed by atoms with Gasteiger partial charge < -0.3 is 21.3 Å². The molecule has 1 heterocycles. The molecule has 0 spiro atoms. The van der Waals surface area contributed by atoms with Crippen LogP contribution in [0.15, 0.2) is 34.3 Å². The molecule has 1 saturated carbocycles. The maximum Gasteiger partial charge on any atom is 0.320 e. The Bertz CT molecular complexity index is 729. The second kappa shape index (κ2) is 9.05. The molecule has 0 bridgehead atoms. The van der Waals surface area contributed by atoms with Gasteiger partial charge in [0, 0.05) is 37.9 Å². The third-order valence-corrected chi connectivity index (χ3v) is 5.51. The minimum absolute atomic E-state index is 0.108. The second-order valence-corrected chi connectivity index (χ2v) is 7.58. The van der Waals surface area contributed by atoms with Gasteiger partial charge in [-0.2, -0.15) is 0 Å². The van der Waals surface area contributed by atoms with E-state index in [0.717, 1.165) is 57.5 Å². The summed E-state index contributed by atoms with van der Waals surface area (Å²) in [6.45, 7) is 5.93. The summed E-state index contributed by atoms with van der Waals surface area (Å²) in [4.78, 5) is 26.8. The molecule has 1 aromatic carbocycles. The minimum Gasteiger partial charge on any atom is -0.369 e. The smallest absolute Gasteiger partial charge is 0.320 e. The zero-order chi connectivity index (χ0) is 20.1. The standard InChI is InChI=1S/C20H31N7O/c1-15(27(20(22)28)18-5-3-4-6-18)23-19(21)24-16-7-9-17(10-8-16)26-13-11-25(2)12-14-26/h7-10,18H,3-6,11-14H2,1-2H3,(H2,21,24)(H2,22,28). The van der Waals surface area contributed by atoms with Gasteiger partial charge in [-0.3, -0.25) is 4.90 Å². The van der Waals surface area contributed by atoms with Gasteiger partial charge in [-0.15, -0.1) is 0 Å². The van der Waals surface area contributed by atoms with E-state index in [1.54, 1.807) is 11.8 Å². The van der Waals surface area contributed by atoms with E-state index in [1.807, 2.05) is 12.1 Å². The average Bonchev–Trinajstić information content (AvgIpc) is 3.16. The lowest BCUT2D eigenvalue weighted by atomic mass is 10.2. The Labute approximate surface area is 166 Å². The zero-order valence-corrected chi connectivity index (χ0v) is 16.8. The fourth-order valence-corrected chi connectivity index (χ4v) is 3.95. The number of piperazine rings is 1. The maximum atomic E-state index is 11.9. The Morgan fingerprint density at radius 3 is 2.25 bits per heavy atom. The lowest BCUT2D eigenvalue weighted by Crippen LogP contribution is -2.46. The summed E-state index contributed by atoms with van der Waals surface area (Å²) in [7, 11) is 2.15. The van der Waals surface area contributed by atoms with Crippen molar-refractivity contribution >= 4 is 29.2 Å². The summed E-state index contributed by atoms with van der Waals surface area (Å²) in [5.74, 6) is 0.615. The third-order valence-electron chi connectivity index (χ3n) is 5.51. The third kappa shape index (κ3) is 5.01. The van der Waals surface area contributed by atoms with Crippen molar-refractivity contribution in [2.24, 2.45) is 21.5 Å². The lowest BCUT2D eigenvalue weighted by Gasteiger charge is -2.34. The average molecular weight is 386 g/mol. The number of urea groups is 1. The van der Waals surface area contributed by atoms with Gasteiger partial charge in [0.15, 0.2) is 0 Å². The number of nitrogens with two attached hydrogens (primary N) is 2. The molecule has 3 rings (SSSR count). The number of primary amides is 1. The van der Waals surface area contributed by atoms with Crippen molar-refractivity contribution in [1.29, 1.82) is 0 Å². The van der Waals surface area contributed by atoms with Gasteiger partial charge in [0.05, 0.1) is 5.69 Å². The highest BCUT2D eigenvalue weighted by Gasteiger charge is 2.27. The van der Waals surface area contributed by atoms with E-state index in [4.69, 9.17) is 11.5 Å². The van der Waals surface area contributed by atoms with Crippen molar-refractivity contribution in [3.8, 4) is 0 Å². The Morgan fingerprint density at radius 1 is 1.07 bits per heavy atom. The molecular formula is C20H31N7O. The summed E-state index contributed by atoms with van der Waals surface area (Å²) in [6.07, 6.45) is 4.09. The van der Waals surface area contributed by atoms with Crippen molar-refractivity contribution in [2.75, 3.05) is 38.1 Å². The number of rotatable bonds is 3. The molecule has 1 aromatic rings. The molecule has 0 radical (unpaired) electrons. The topological polar surface area (TPSA) is 104 Å². The van der Waals surface area contributed by atoms with Crippen LogP contribution in [-0.4, -0.2) is 66.9 Å². The van der Waals surface area contributed by atoms with E-state index in [2.05, 4.69) is 39.0 Å². The van der Waals surface area contributed by atoms with Crippen LogP contribution in [0.5, 0.6) is 0 Å². The molecular weight excluding hydrogens is 354 g/mol.